The average molecular weight is 211 g/mol. The van der Waals surface area contributed by atoms with Gasteiger partial charge in [0.2, 0.25) is 11.8 Å². The molecule has 0 aliphatic heterocycles. The number of ether oxygens (including phenoxy) is 1. The zero-order valence-electron chi connectivity index (χ0n) is 8.60. The Balaban J connectivity index is 3.02. The van der Waals surface area contributed by atoms with Crippen molar-refractivity contribution in [1.82, 2.24) is 9.97 Å². The molecule has 1 atom stereocenters. The number of aromatic nitrogens is 2. The number of hydrogen-bond acceptors (Lipinski definition) is 5. The molecule has 0 bridgehead atoms. The summed E-state index contributed by atoms with van der Waals surface area (Å²) in [6.07, 6.45) is 1.78. The highest BCUT2D eigenvalue weighted by molar-refractivity contribution is 5.89. The van der Waals surface area contributed by atoms with E-state index in [1.165, 1.54) is 0 Å². The minimum Gasteiger partial charge on any atom is -0.477 e. The van der Waals surface area contributed by atoms with Crippen LogP contribution in [0.15, 0.2) is 6.20 Å². The Morgan fingerprint density at radius 3 is 2.93 bits per heavy atom. The van der Waals surface area contributed by atoms with Crippen molar-refractivity contribution in [3.8, 4) is 5.88 Å². The highest BCUT2D eigenvalue weighted by Gasteiger charge is 2.15. The van der Waals surface area contributed by atoms with Crippen molar-refractivity contribution < 1.29 is 14.6 Å². The monoisotopic (exact) mass is 211 g/mol. The number of nitrogens with zero attached hydrogens (tertiary/aromatic N) is 2. The molecule has 6 heteroatoms. The average Bonchev–Trinajstić information content (AvgIpc) is 2.17. The number of rotatable bonds is 4. The summed E-state index contributed by atoms with van der Waals surface area (Å²) in [7, 11) is 0. The van der Waals surface area contributed by atoms with Gasteiger partial charge in [-0.25, -0.2) is 9.78 Å². The Hall–Kier alpha value is -1.85. The van der Waals surface area contributed by atoms with E-state index in [-0.39, 0.29) is 23.5 Å². The quantitative estimate of drug-likeness (QED) is 0.768. The predicted molar refractivity (Wildman–Crippen MR) is 53.8 cm³/mol. The number of carboxylic acid groups (broad SMARTS) is 1. The summed E-state index contributed by atoms with van der Waals surface area (Å²) in [5, 5.41) is 8.84. The summed E-state index contributed by atoms with van der Waals surface area (Å²) < 4.78 is 5.32. The molecule has 82 valence electrons. The Bertz CT molecular complexity index is 368. The lowest BCUT2D eigenvalue weighted by molar-refractivity contribution is 0.0687. The van der Waals surface area contributed by atoms with Crippen LogP contribution in [0.1, 0.15) is 30.6 Å². The third-order valence-corrected chi connectivity index (χ3v) is 1.89. The fourth-order valence-electron chi connectivity index (χ4n) is 0.889. The first-order chi connectivity index (χ1) is 7.04. The van der Waals surface area contributed by atoms with Crippen LogP contribution in [-0.2, 0) is 0 Å². The molecule has 0 saturated heterocycles. The zero-order valence-corrected chi connectivity index (χ0v) is 8.60. The molecule has 0 spiro atoms. The van der Waals surface area contributed by atoms with Gasteiger partial charge in [0.15, 0.2) is 0 Å². The van der Waals surface area contributed by atoms with Crippen molar-refractivity contribution >= 4 is 11.9 Å². The molecule has 1 heterocycles. The van der Waals surface area contributed by atoms with Crippen LogP contribution >= 0.6 is 0 Å². The number of carboxylic acids is 1. The maximum Gasteiger partial charge on any atom is 0.342 e. The van der Waals surface area contributed by atoms with Crippen molar-refractivity contribution in [3.05, 3.63) is 11.8 Å². The standard InChI is InChI=1S/C9H13N3O3/c1-3-5(2)15-7-6(8(13)14)4-11-9(10)12-7/h4-5H,3H2,1-2H3,(H,13,14)(H2,10,11,12)/t5-/m0/s1. The summed E-state index contributed by atoms with van der Waals surface area (Å²) in [5.74, 6) is -1.11. The number of aromatic carboxylic acids is 1. The molecule has 15 heavy (non-hydrogen) atoms. The molecule has 6 nitrogen and oxygen atoms in total. The van der Waals surface area contributed by atoms with Gasteiger partial charge in [0, 0.05) is 0 Å². The normalized spacial score (nSPS) is 12.1. The van der Waals surface area contributed by atoms with Gasteiger partial charge in [0.1, 0.15) is 5.56 Å². The van der Waals surface area contributed by atoms with Crippen molar-refractivity contribution in [2.45, 2.75) is 26.4 Å². The Labute approximate surface area is 87.1 Å². The van der Waals surface area contributed by atoms with Crippen LogP contribution in [0.4, 0.5) is 5.95 Å². The van der Waals surface area contributed by atoms with E-state index in [1.807, 2.05) is 13.8 Å². The highest BCUT2D eigenvalue weighted by atomic mass is 16.5. The molecule has 1 aromatic heterocycles. The molecule has 0 amide bonds. The van der Waals surface area contributed by atoms with E-state index in [2.05, 4.69) is 9.97 Å². The smallest absolute Gasteiger partial charge is 0.342 e. The van der Waals surface area contributed by atoms with Gasteiger partial charge < -0.3 is 15.6 Å². The summed E-state index contributed by atoms with van der Waals surface area (Å²) in [6, 6.07) is 0. The fraction of sp³-hybridized carbons (Fsp3) is 0.444. The largest absolute Gasteiger partial charge is 0.477 e. The van der Waals surface area contributed by atoms with Gasteiger partial charge in [0.05, 0.1) is 12.3 Å². The van der Waals surface area contributed by atoms with Crippen LogP contribution in [0.5, 0.6) is 5.88 Å². The molecular formula is C9H13N3O3. The molecule has 1 rings (SSSR count). The van der Waals surface area contributed by atoms with Gasteiger partial charge in [0.25, 0.3) is 0 Å². The van der Waals surface area contributed by atoms with Gasteiger partial charge >= 0.3 is 5.97 Å². The van der Waals surface area contributed by atoms with E-state index in [1.54, 1.807) is 0 Å². The van der Waals surface area contributed by atoms with Crippen LogP contribution in [0, 0.1) is 0 Å². The molecular weight excluding hydrogens is 198 g/mol. The molecule has 0 aliphatic rings. The van der Waals surface area contributed by atoms with Gasteiger partial charge in [-0.3, -0.25) is 0 Å². The number of nitrogen functional groups attached to an aromatic ring is 1. The SMILES string of the molecule is CC[C@H](C)Oc1nc(N)ncc1C(=O)O. The van der Waals surface area contributed by atoms with Gasteiger partial charge in [-0.05, 0) is 13.3 Å². The first-order valence-corrected chi connectivity index (χ1v) is 4.57. The third kappa shape index (κ3) is 2.80. The lowest BCUT2D eigenvalue weighted by atomic mass is 10.3. The van der Waals surface area contributed by atoms with E-state index >= 15 is 0 Å². The zero-order chi connectivity index (χ0) is 11.4. The van der Waals surface area contributed by atoms with Crippen molar-refractivity contribution in [1.29, 1.82) is 0 Å². The maximum absolute atomic E-state index is 10.8. The number of carbonyl (C=O) groups is 1. The van der Waals surface area contributed by atoms with E-state index in [0.717, 1.165) is 12.6 Å². The summed E-state index contributed by atoms with van der Waals surface area (Å²) >= 11 is 0. The van der Waals surface area contributed by atoms with Gasteiger partial charge in [-0.1, -0.05) is 6.92 Å². The van der Waals surface area contributed by atoms with Crippen molar-refractivity contribution in [2.75, 3.05) is 5.73 Å². The third-order valence-electron chi connectivity index (χ3n) is 1.89. The maximum atomic E-state index is 10.8. The van der Waals surface area contributed by atoms with Crippen LogP contribution in [0.3, 0.4) is 0 Å². The number of hydrogen-bond donors (Lipinski definition) is 2. The second-order valence-corrected chi connectivity index (χ2v) is 3.09. The molecule has 0 saturated carbocycles. The summed E-state index contributed by atoms with van der Waals surface area (Å²) in [4.78, 5) is 18.1. The van der Waals surface area contributed by atoms with Crippen LogP contribution in [0.2, 0.25) is 0 Å². The Kier molecular flexibility index (Phi) is 3.43. The topological polar surface area (TPSA) is 98.3 Å². The molecule has 0 aliphatic carbocycles. The van der Waals surface area contributed by atoms with E-state index < -0.39 is 5.97 Å². The first-order valence-electron chi connectivity index (χ1n) is 4.57. The van der Waals surface area contributed by atoms with Crippen LogP contribution < -0.4 is 10.5 Å². The molecule has 0 fully saturated rings. The van der Waals surface area contributed by atoms with Gasteiger partial charge in [-0.15, -0.1) is 0 Å². The van der Waals surface area contributed by atoms with E-state index in [9.17, 15) is 4.79 Å². The fourth-order valence-corrected chi connectivity index (χ4v) is 0.889. The minimum absolute atomic E-state index is 0.00157. The Morgan fingerprint density at radius 1 is 1.73 bits per heavy atom. The van der Waals surface area contributed by atoms with Crippen molar-refractivity contribution in [3.63, 3.8) is 0 Å². The number of nitrogens with two attached hydrogens (primary N) is 1. The van der Waals surface area contributed by atoms with Crippen LogP contribution in [0.25, 0.3) is 0 Å². The summed E-state index contributed by atoms with van der Waals surface area (Å²) in [5.41, 5.74) is 5.27. The Morgan fingerprint density at radius 2 is 2.40 bits per heavy atom. The molecule has 0 aromatic carbocycles. The molecule has 0 radical (unpaired) electrons. The first kappa shape index (κ1) is 11.2. The lowest BCUT2D eigenvalue weighted by Gasteiger charge is -2.13. The molecule has 3 N–H and O–H groups in total. The second-order valence-electron chi connectivity index (χ2n) is 3.09. The van der Waals surface area contributed by atoms with E-state index in [4.69, 9.17) is 15.6 Å². The minimum atomic E-state index is -1.13. The summed E-state index contributed by atoms with van der Waals surface area (Å²) in [6.45, 7) is 3.75. The number of anilines is 1. The second kappa shape index (κ2) is 4.59. The van der Waals surface area contributed by atoms with Crippen molar-refractivity contribution in [2.24, 2.45) is 0 Å². The highest BCUT2D eigenvalue weighted by Crippen LogP contribution is 2.17. The molecule has 1 aromatic rings. The van der Waals surface area contributed by atoms with E-state index in [0.29, 0.717) is 0 Å². The molecule has 0 unspecified atom stereocenters. The van der Waals surface area contributed by atoms with Gasteiger partial charge in [-0.2, -0.15) is 4.98 Å². The van der Waals surface area contributed by atoms with Crippen LogP contribution in [-0.4, -0.2) is 27.1 Å². The lowest BCUT2D eigenvalue weighted by Crippen LogP contribution is -2.15. The predicted octanol–water partition coefficient (Wildman–Crippen LogP) is 0.934.